The molecule has 3 rings (SSSR count). The Morgan fingerprint density at radius 1 is 1.41 bits per heavy atom. The number of halogens is 2. The van der Waals surface area contributed by atoms with Gasteiger partial charge in [-0.1, -0.05) is 12.8 Å². The van der Waals surface area contributed by atoms with Crippen molar-refractivity contribution in [2.24, 2.45) is 5.92 Å². The molecule has 1 aliphatic carbocycles. The highest BCUT2D eigenvalue weighted by Crippen LogP contribution is 2.33. The van der Waals surface area contributed by atoms with E-state index in [4.69, 9.17) is 0 Å². The fourth-order valence-electron chi connectivity index (χ4n) is 3.60. The second kappa shape index (κ2) is 8.75. The molecule has 0 aromatic carbocycles. The van der Waals surface area contributed by atoms with Crippen molar-refractivity contribution in [3.05, 3.63) is 18.5 Å². The molecule has 2 heterocycles. The summed E-state index contributed by atoms with van der Waals surface area (Å²) in [6.07, 6.45) is 9.83. The predicted octanol–water partition coefficient (Wildman–Crippen LogP) is 2.15. The Kier molecular flexibility index (Phi) is 7.66. The van der Waals surface area contributed by atoms with Crippen molar-refractivity contribution >= 4 is 30.7 Å². The molecule has 5 nitrogen and oxygen atoms in total. The first-order valence-corrected chi connectivity index (χ1v) is 7.76. The van der Waals surface area contributed by atoms with Crippen molar-refractivity contribution in [2.75, 3.05) is 0 Å². The first kappa shape index (κ1) is 19.3. The molecule has 0 bridgehead atoms. The first-order chi connectivity index (χ1) is 9.72. The van der Waals surface area contributed by atoms with Gasteiger partial charge in [-0.2, -0.15) is 5.10 Å². The maximum absolute atomic E-state index is 12.3. The number of carbonyl (C=O) groups excluding carboxylic acids is 1. The molecule has 126 valence electrons. The van der Waals surface area contributed by atoms with Crippen LogP contribution in [0.25, 0.3) is 0 Å². The highest BCUT2D eigenvalue weighted by Gasteiger charge is 2.38. The van der Waals surface area contributed by atoms with E-state index >= 15 is 0 Å². The number of carbonyl (C=O) groups is 1. The summed E-state index contributed by atoms with van der Waals surface area (Å²) in [5, 5.41) is 10.8. The summed E-state index contributed by atoms with van der Waals surface area (Å²) in [5.41, 5.74) is 0. The summed E-state index contributed by atoms with van der Waals surface area (Å²) in [6.45, 7) is 2.75. The largest absolute Gasteiger partial charge is 0.350 e. The quantitative estimate of drug-likeness (QED) is 0.876. The molecule has 1 aliphatic heterocycles. The van der Waals surface area contributed by atoms with Gasteiger partial charge < -0.3 is 10.6 Å². The Labute approximate surface area is 144 Å². The topological polar surface area (TPSA) is 59.0 Å². The van der Waals surface area contributed by atoms with Crippen LogP contribution in [-0.4, -0.2) is 33.8 Å². The van der Waals surface area contributed by atoms with Gasteiger partial charge in [-0.25, -0.2) is 0 Å². The fraction of sp³-hybridized carbons (Fsp3) is 0.733. The lowest BCUT2D eigenvalue weighted by Crippen LogP contribution is -2.47. The number of rotatable bonds is 4. The molecule has 1 aromatic heterocycles. The highest BCUT2D eigenvalue weighted by atomic mass is 35.5. The third-order valence-corrected chi connectivity index (χ3v) is 4.59. The zero-order valence-corrected chi connectivity index (χ0v) is 14.5. The third-order valence-electron chi connectivity index (χ3n) is 4.59. The van der Waals surface area contributed by atoms with Crippen molar-refractivity contribution in [2.45, 2.75) is 63.7 Å². The summed E-state index contributed by atoms with van der Waals surface area (Å²) in [6, 6.07) is 2.58. The van der Waals surface area contributed by atoms with Gasteiger partial charge in [-0.15, -0.1) is 24.8 Å². The molecule has 1 amide bonds. The summed E-state index contributed by atoms with van der Waals surface area (Å²) < 4.78 is 1.85. The maximum atomic E-state index is 12.3. The molecule has 4 unspecified atom stereocenters. The minimum Gasteiger partial charge on any atom is -0.350 e. The van der Waals surface area contributed by atoms with E-state index in [2.05, 4.69) is 15.7 Å². The lowest BCUT2D eigenvalue weighted by molar-refractivity contribution is -0.123. The van der Waals surface area contributed by atoms with Crippen molar-refractivity contribution in [1.82, 2.24) is 20.4 Å². The van der Waals surface area contributed by atoms with Gasteiger partial charge in [0.05, 0.1) is 12.6 Å². The van der Waals surface area contributed by atoms with Crippen molar-refractivity contribution < 1.29 is 4.79 Å². The molecule has 2 aliphatic rings. The molecule has 1 saturated heterocycles. The third kappa shape index (κ3) is 4.61. The second-order valence-corrected chi connectivity index (χ2v) is 6.24. The second-order valence-electron chi connectivity index (χ2n) is 6.24. The van der Waals surface area contributed by atoms with Crippen LogP contribution in [0.1, 0.15) is 39.0 Å². The van der Waals surface area contributed by atoms with Crippen LogP contribution in [-0.2, 0) is 11.3 Å². The molecule has 7 heteroatoms. The van der Waals surface area contributed by atoms with E-state index in [9.17, 15) is 4.79 Å². The fourth-order valence-corrected chi connectivity index (χ4v) is 3.60. The van der Waals surface area contributed by atoms with Crippen LogP contribution >= 0.6 is 24.8 Å². The average molecular weight is 349 g/mol. The molecule has 22 heavy (non-hydrogen) atoms. The van der Waals surface area contributed by atoms with E-state index in [0.29, 0.717) is 12.0 Å². The Morgan fingerprint density at radius 3 is 2.86 bits per heavy atom. The van der Waals surface area contributed by atoms with Crippen LogP contribution in [0.15, 0.2) is 18.5 Å². The summed E-state index contributed by atoms with van der Waals surface area (Å²) in [7, 11) is 0. The van der Waals surface area contributed by atoms with Crippen molar-refractivity contribution in [3.8, 4) is 0 Å². The van der Waals surface area contributed by atoms with Crippen molar-refractivity contribution in [3.63, 3.8) is 0 Å². The monoisotopic (exact) mass is 348 g/mol. The molecule has 1 aromatic rings. The lowest BCUT2D eigenvalue weighted by Gasteiger charge is -2.24. The number of amides is 1. The SMILES string of the molecule is CC(Cn1cccn1)NC(=O)C1CC2CCCCC2N1.Cl.Cl. The van der Waals surface area contributed by atoms with Crippen LogP contribution in [0.2, 0.25) is 0 Å². The number of nitrogens with zero attached hydrogens (tertiary/aromatic N) is 2. The lowest BCUT2D eigenvalue weighted by atomic mass is 9.85. The van der Waals surface area contributed by atoms with Crippen LogP contribution in [0.4, 0.5) is 0 Å². The van der Waals surface area contributed by atoms with Gasteiger partial charge in [0.2, 0.25) is 5.91 Å². The van der Waals surface area contributed by atoms with E-state index in [0.717, 1.165) is 13.0 Å². The van der Waals surface area contributed by atoms with Gasteiger partial charge in [-0.3, -0.25) is 9.48 Å². The van der Waals surface area contributed by atoms with Gasteiger partial charge >= 0.3 is 0 Å². The Bertz CT molecular complexity index is 440. The van der Waals surface area contributed by atoms with E-state index in [1.807, 2.05) is 23.9 Å². The minimum atomic E-state index is 0. The van der Waals surface area contributed by atoms with Gasteiger partial charge in [0, 0.05) is 24.5 Å². The van der Waals surface area contributed by atoms with Crippen molar-refractivity contribution in [1.29, 1.82) is 0 Å². The summed E-state index contributed by atoms with van der Waals surface area (Å²) in [4.78, 5) is 12.3. The number of hydrogen-bond acceptors (Lipinski definition) is 3. The molecule has 0 spiro atoms. The average Bonchev–Trinajstić information content (AvgIpc) is 3.06. The van der Waals surface area contributed by atoms with E-state index < -0.39 is 0 Å². The van der Waals surface area contributed by atoms with Gasteiger partial charge in [0.1, 0.15) is 0 Å². The summed E-state index contributed by atoms with van der Waals surface area (Å²) in [5.74, 6) is 0.861. The van der Waals surface area contributed by atoms with E-state index in [-0.39, 0.29) is 42.8 Å². The molecule has 2 N–H and O–H groups in total. The molecular weight excluding hydrogens is 323 g/mol. The number of aromatic nitrogens is 2. The smallest absolute Gasteiger partial charge is 0.237 e. The van der Waals surface area contributed by atoms with Crippen LogP contribution < -0.4 is 10.6 Å². The predicted molar refractivity (Wildman–Crippen MR) is 91.6 cm³/mol. The van der Waals surface area contributed by atoms with Crippen LogP contribution in [0.3, 0.4) is 0 Å². The van der Waals surface area contributed by atoms with E-state index in [1.165, 1.54) is 25.7 Å². The Morgan fingerprint density at radius 2 is 2.18 bits per heavy atom. The van der Waals surface area contributed by atoms with Gasteiger partial charge in [0.25, 0.3) is 0 Å². The standard InChI is InChI=1S/C15H24N4O.2ClH/c1-11(10-19-8-4-7-16-19)17-15(20)14-9-12-5-2-3-6-13(12)18-14;;/h4,7-8,11-14,18H,2-3,5-6,9-10H2,1H3,(H,17,20);2*1H. The zero-order valence-electron chi connectivity index (χ0n) is 12.9. The maximum Gasteiger partial charge on any atom is 0.237 e. The molecule has 2 fully saturated rings. The molecule has 1 saturated carbocycles. The summed E-state index contributed by atoms with van der Waals surface area (Å²) >= 11 is 0. The van der Waals surface area contributed by atoms with Gasteiger partial charge in [-0.05, 0) is 38.2 Å². The molecule has 0 radical (unpaired) electrons. The highest BCUT2D eigenvalue weighted by molar-refractivity contribution is 5.85. The minimum absolute atomic E-state index is 0. The van der Waals surface area contributed by atoms with Gasteiger partial charge in [0.15, 0.2) is 0 Å². The Hall–Kier alpha value is -0.780. The Balaban J connectivity index is 0.00000121. The number of fused-ring (bicyclic) bond motifs is 1. The molecule has 4 atom stereocenters. The zero-order chi connectivity index (χ0) is 13.9. The van der Waals surface area contributed by atoms with Crippen LogP contribution in [0, 0.1) is 5.92 Å². The number of hydrogen-bond donors (Lipinski definition) is 2. The first-order valence-electron chi connectivity index (χ1n) is 7.76. The number of nitrogens with one attached hydrogen (secondary N) is 2. The van der Waals surface area contributed by atoms with E-state index in [1.54, 1.807) is 6.20 Å². The molecular formula is C15H26Cl2N4O. The van der Waals surface area contributed by atoms with Crippen LogP contribution in [0.5, 0.6) is 0 Å². The normalized spacial score (nSPS) is 28.0.